The lowest BCUT2D eigenvalue weighted by Crippen LogP contribution is -2.55. The molecule has 0 saturated carbocycles. The third-order valence-electron chi connectivity index (χ3n) is 2.23. The minimum absolute atomic E-state index is 2.30. The Hall–Kier alpha value is -1.06. The maximum atomic E-state index is 12.6. The van der Waals surface area contributed by atoms with Gasteiger partial charge in [0.2, 0.25) is 0 Å². The van der Waals surface area contributed by atoms with E-state index in [1.54, 1.807) is 0 Å². The third kappa shape index (κ3) is 3.94. The first-order valence-corrected chi connectivity index (χ1v) is 5.11. The Morgan fingerprint density at radius 2 is 0.625 bits per heavy atom. The molecule has 146 valence electrons. The van der Waals surface area contributed by atoms with Crippen LogP contribution >= 0.6 is 0 Å². The number of alkyl halides is 14. The van der Waals surface area contributed by atoms with Crippen molar-refractivity contribution in [2.45, 2.75) is 49.3 Å². The molecule has 0 amide bonds. The molecule has 0 spiro atoms. The fourth-order valence-electron chi connectivity index (χ4n) is 0.812. The molecule has 0 heterocycles. The summed E-state index contributed by atoms with van der Waals surface area (Å²) >= 11 is 0. The molecular weight excluding hydrogens is 394 g/mol. The molecule has 0 fully saturated rings. The summed E-state index contributed by atoms with van der Waals surface area (Å²) in [4.78, 5) is 4.61. The van der Waals surface area contributed by atoms with Crippen molar-refractivity contribution in [2.75, 3.05) is 0 Å². The second kappa shape index (κ2) is 7.05. The van der Waals surface area contributed by atoms with Crippen LogP contribution in [0.3, 0.4) is 0 Å². The largest absolute Gasteiger partial charge is 0.374 e. The maximum Gasteiger partial charge on any atom is 0.374 e. The molecule has 2 atom stereocenters. The van der Waals surface area contributed by atoms with Gasteiger partial charge in [0.1, 0.15) is 0 Å². The predicted molar refractivity (Wildman–Crippen MR) is 43.8 cm³/mol. The van der Waals surface area contributed by atoms with Crippen molar-refractivity contribution in [3.8, 4) is 0 Å². The Morgan fingerprint density at radius 3 is 0.792 bits per heavy atom. The van der Waals surface area contributed by atoms with Gasteiger partial charge in [-0.3, -0.25) is 0 Å². The fraction of sp³-hybridized carbons (Fsp3) is 1.00. The zero-order valence-corrected chi connectivity index (χ0v) is 10.4. The van der Waals surface area contributed by atoms with E-state index >= 15 is 0 Å². The minimum atomic E-state index is -6.48. The van der Waals surface area contributed by atoms with Crippen molar-refractivity contribution in [2.24, 2.45) is 0 Å². The first kappa shape index (κ1) is 22.9. The first-order chi connectivity index (χ1) is 10.4. The molecule has 2 nitrogen and oxygen atoms in total. The van der Waals surface area contributed by atoms with E-state index in [0.29, 0.717) is 0 Å². The van der Waals surface area contributed by atoms with Gasteiger partial charge < -0.3 is 0 Å². The van der Waals surface area contributed by atoms with Crippen molar-refractivity contribution >= 4 is 0 Å². The highest BCUT2D eigenvalue weighted by atomic mass is 19.4. The third-order valence-corrected chi connectivity index (χ3v) is 2.23. The summed E-state index contributed by atoms with van der Waals surface area (Å²) < 4.78 is 171. The minimum Gasteiger partial charge on any atom is -0.206 e. The summed E-state index contributed by atoms with van der Waals surface area (Å²) in [5.41, 5.74) is 0. The number of halogens is 14. The number of rotatable bonds is 9. The van der Waals surface area contributed by atoms with Crippen LogP contribution in [0.5, 0.6) is 0 Å². The Morgan fingerprint density at radius 1 is 0.417 bits per heavy atom. The van der Waals surface area contributed by atoms with Crippen LogP contribution < -0.4 is 0 Å². The molecule has 24 heavy (non-hydrogen) atoms. The summed E-state index contributed by atoms with van der Waals surface area (Å²) in [7, 11) is 0. The summed E-state index contributed by atoms with van der Waals surface area (Å²) in [6.07, 6.45) is -20.5. The van der Waals surface area contributed by atoms with Gasteiger partial charge in [-0.1, -0.05) is 0 Å². The van der Waals surface area contributed by atoms with E-state index in [2.05, 4.69) is 9.78 Å². The molecule has 0 aliphatic carbocycles. The quantitative estimate of drug-likeness (QED) is 0.321. The molecule has 0 bridgehead atoms. The highest BCUT2D eigenvalue weighted by Crippen LogP contribution is 2.45. The molecule has 0 aromatic carbocycles. The van der Waals surface area contributed by atoms with E-state index in [9.17, 15) is 61.5 Å². The van der Waals surface area contributed by atoms with Crippen LogP contribution in [0.15, 0.2) is 0 Å². The van der Waals surface area contributed by atoms with E-state index in [4.69, 9.17) is 0 Å². The van der Waals surface area contributed by atoms with Crippen LogP contribution in [0.4, 0.5) is 61.5 Å². The SMILES string of the molecule is FC(F)C(F)(F)C(F)(F)C(F)OOC(F)C(F)(F)C(F)(F)C(F)F. The van der Waals surface area contributed by atoms with Crippen molar-refractivity contribution < 1.29 is 71.2 Å². The zero-order valence-electron chi connectivity index (χ0n) is 10.4. The molecule has 0 saturated heterocycles. The lowest BCUT2D eigenvalue weighted by atomic mass is 10.2. The van der Waals surface area contributed by atoms with Crippen molar-refractivity contribution in [3.05, 3.63) is 0 Å². The highest BCUT2D eigenvalue weighted by molar-refractivity contribution is 4.90. The Balaban J connectivity index is 5.08. The normalized spacial score (nSPS) is 17.5. The lowest BCUT2D eigenvalue weighted by molar-refractivity contribution is -0.476. The molecular formula is C8H4F14O2. The van der Waals surface area contributed by atoms with E-state index in [1.807, 2.05) is 0 Å². The summed E-state index contributed by atoms with van der Waals surface area (Å²) in [6.45, 7) is 0. The standard InChI is InChI=1S/C8H4F14O2/c9-1(10)5(15,16)7(19,20)3(13)23-24-4(14)8(21,22)6(17,18)2(11)12/h1-4H. The molecule has 0 N–H and O–H groups in total. The lowest BCUT2D eigenvalue weighted by Gasteiger charge is -2.30. The Bertz CT molecular complexity index is 372. The van der Waals surface area contributed by atoms with Crippen LogP contribution in [0, 0.1) is 0 Å². The molecule has 0 aliphatic rings. The van der Waals surface area contributed by atoms with Gasteiger partial charge in [-0.2, -0.15) is 44.9 Å². The van der Waals surface area contributed by atoms with Gasteiger partial charge in [-0.25, -0.2) is 26.3 Å². The smallest absolute Gasteiger partial charge is 0.206 e. The van der Waals surface area contributed by atoms with Gasteiger partial charge in [0, 0.05) is 0 Å². The summed E-state index contributed by atoms with van der Waals surface area (Å²) in [6, 6.07) is 0. The van der Waals surface area contributed by atoms with Crippen molar-refractivity contribution in [1.29, 1.82) is 0 Å². The molecule has 0 aromatic rings. The van der Waals surface area contributed by atoms with Crippen LogP contribution in [-0.2, 0) is 9.78 Å². The van der Waals surface area contributed by atoms with Crippen LogP contribution in [0.2, 0.25) is 0 Å². The van der Waals surface area contributed by atoms with Gasteiger partial charge >= 0.3 is 49.3 Å². The van der Waals surface area contributed by atoms with Crippen LogP contribution in [0.1, 0.15) is 0 Å². The Kier molecular flexibility index (Phi) is 6.74. The summed E-state index contributed by atoms with van der Waals surface area (Å²) in [5.74, 6) is -25.9. The summed E-state index contributed by atoms with van der Waals surface area (Å²) in [5, 5.41) is 0. The van der Waals surface area contributed by atoms with Crippen LogP contribution in [0.25, 0.3) is 0 Å². The zero-order chi connectivity index (χ0) is 19.7. The van der Waals surface area contributed by atoms with E-state index in [-0.39, 0.29) is 0 Å². The van der Waals surface area contributed by atoms with E-state index in [1.165, 1.54) is 0 Å². The average Bonchev–Trinajstić information content (AvgIpc) is 2.42. The molecule has 0 radical (unpaired) electrons. The fourth-order valence-corrected chi connectivity index (χ4v) is 0.812. The topological polar surface area (TPSA) is 18.5 Å². The van der Waals surface area contributed by atoms with E-state index < -0.39 is 49.3 Å². The van der Waals surface area contributed by atoms with Gasteiger partial charge in [-0.05, 0) is 0 Å². The van der Waals surface area contributed by atoms with Crippen molar-refractivity contribution in [1.82, 2.24) is 0 Å². The van der Waals surface area contributed by atoms with Gasteiger partial charge in [-0.15, -0.1) is 0 Å². The van der Waals surface area contributed by atoms with Crippen LogP contribution in [-0.4, -0.2) is 49.3 Å². The monoisotopic (exact) mass is 398 g/mol. The molecule has 0 aromatic heterocycles. The Labute approximate surface area is 122 Å². The first-order valence-electron chi connectivity index (χ1n) is 5.11. The van der Waals surface area contributed by atoms with Crippen molar-refractivity contribution in [3.63, 3.8) is 0 Å². The number of hydrogen-bond acceptors (Lipinski definition) is 2. The number of hydrogen-bond donors (Lipinski definition) is 0. The highest BCUT2D eigenvalue weighted by Gasteiger charge is 2.71. The van der Waals surface area contributed by atoms with E-state index in [0.717, 1.165) is 0 Å². The average molecular weight is 398 g/mol. The van der Waals surface area contributed by atoms with Gasteiger partial charge in [0.15, 0.2) is 0 Å². The predicted octanol–water partition coefficient (Wildman–Crippen LogP) is 4.60. The molecule has 0 aliphatic heterocycles. The molecule has 16 heteroatoms. The van der Waals surface area contributed by atoms with Gasteiger partial charge in [0.05, 0.1) is 0 Å². The second-order valence-electron chi connectivity index (χ2n) is 3.92. The maximum absolute atomic E-state index is 12.6. The van der Waals surface area contributed by atoms with Gasteiger partial charge in [0.25, 0.3) is 0 Å². The molecule has 2 unspecified atom stereocenters. The molecule has 0 rings (SSSR count). The second-order valence-corrected chi connectivity index (χ2v) is 3.92.